The van der Waals surface area contributed by atoms with Gasteiger partial charge >= 0.3 is 7.12 Å². The Morgan fingerprint density at radius 3 is 2.14 bits per heavy atom. The van der Waals surface area contributed by atoms with Crippen LogP contribution < -0.4 is 59.2 Å². The summed E-state index contributed by atoms with van der Waals surface area (Å²) in [6.45, 7) is 7.79. The average Bonchev–Trinajstić information content (AvgIpc) is 2.98. The van der Waals surface area contributed by atoms with Crippen LogP contribution >= 0.6 is 0 Å². The van der Waals surface area contributed by atoms with Gasteiger partial charge in [0.25, 0.3) is 5.91 Å². The summed E-state index contributed by atoms with van der Waals surface area (Å²) in [7, 11) is -1.55. The monoisotopic (exact) mass is 724 g/mol. The van der Waals surface area contributed by atoms with Crippen molar-refractivity contribution in [2.75, 3.05) is 13.1 Å². The predicted molar refractivity (Wildman–Crippen MR) is 163 cm³/mol. The molecule has 2 amide bonds. The number of hydrogen-bond donors (Lipinski definition) is 4. The molecule has 2 heterocycles. The van der Waals surface area contributed by atoms with Gasteiger partial charge in [-0.25, -0.2) is 4.57 Å². The lowest BCUT2D eigenvalue weighted by Gasteiger charge is -2.10. The van der Waals surface area contributed by atoms with Gasteiger partial charge in [0.05, 0.1) is 11.1 Å². The Kier molecular flexibility index (Phi) is 14.9. The number of aromatic nitrogens is 2. The Morgan fingerprint density at radius 1 is 0.795 bits per heavy atom. The standard InChI is InChI=1S/C33H37BN4O4.2BrH/c1-24(2)32(39)35-15-9-16-36-33(40)30-18-29(22-38(23-30)19-26-11-5-4-10-25(26)3)27-13-8-17-37(20-27)21-28-12-6-7-14-31(28)34(41)42;;/h4-8,10-14,17-18,20,22-24,41-42H,9,15-16,19,21H2,1-3H3;2*1H. The van der Waals surface area contributed by atoms with Gasteiger partial charge in [0.2, 0.25) is 5.91 Å². The number of amides is 2. The number of nitrogens with one attached hydrogen (secondary N) is 2. The first kappa shape index (κ1) is 36.8. The van der Waals surface area contributed by atoms with E-state index in [-0.39, 0.29) is 51.7 Å². The van der Waals surface area contributed by atoms with Gasteiger partial charge in [0, 0.05) is 36.2 Å². The van der Waals surface area contributed by atoms with Gasteiger partial charge in [0.15, 0.2) is 37.9 Å². The van der Waals surface area contributed by atoms with Crippen LogP contribution in [0.3, 0.4) is 0 Å². The Labute approximate surface area is 280 Å². The molecule has 0 atom stereocenters. The van der Waals surface area contributed by atoms with E-state index in [4.69, 9.17) is 0 Å². The molecule has 0 saturated heterocycles. The average molecular weight is 726 g/mol. The normalized spacial score (nSPS) is 10.4. The molecule has 0 unspecified atom stereocenters. The fourth-order valence-electron chi connectivity index (χ4n) is 4.72. The topological polar surface area (TPSA) is 106 Å². The van der Waals surface area contributed by atoms with Crippen LogP contribution in [0.25, 0.3) is 11.1 Å². The minimum Gasteiger partial charge on any atom is -1.00 e. The molecule has 2 aromatic heterocycles. The van der Waals surface area contributed by atoms with Crippen molar-refractivity contribution in [1.29, 1.82) is 0 Å². The van der Waals surface area contributed by atoms with Crippen LogP contribution in [-0.4, -0.2) is 42.1 Å². The Bertz CT molecular complexity index is 1550. The van der Waals surface area contributed by atoms with E-state index in [9.17, 15) is 19.6 Å². The molecule has 0 fully saturated rings. The van der Waals surface area contributed by atoms with E-state index in [0.717, 1.165) is 22.3 Å². The largest absolute Gasteiger partial charge is 1.00 e. The fraction of sp³-hybridized carbons (Fsp3) is 0.273. The van der Waals surface area contributed by atoms with Crippen molar-refractivity contribution in [1.82, 2.24) is 10.6 Å². The van der Waals surface area contributed by atoms with Crippen molar-refractivity contribution >= 4 is 24.4 Å². The van der Waals surface area contributed by atoms with E-state index in [1.54, 1.807) is 12.1 Å². The van der Waals surface area contributed by atoms with Crippen molar-refractivity contribution < 1.29 is 62.7 Å². The van der Waals surface area contributed by atoms with Crippen LogP contribution in [0, 0.1) is 12.8 Å². The number of carbonyl (C=O) groups is 2. The molecule has 44 heavy (non-hydrogen) atoms. The molecule has 0 bridgehead atoms. The number of nitrogens with zero attached hydrogens (tertiary/aromatic N) is 2. The van der Waals surface area contributed by atoms with Crippen LogP contribution in [0.15, 0.2) is 91.5 Å². The molecule has 8 nitrogen and oxygen atoms in total. The predicted octanol–water partition coefficient (Wildman–Crippen LogP) is -4.09. The van der Waals surface area contributed by atoms with Crippen LogP contribution in [0.2, 0.25) is 0 Å². The van der Waals surface area contributed by atoms with Crippen molar-refractivity contribution in [3.63, 3.8) is 0 Å². The van der Waals surface area contributed by atoms with Gasteiger partial charge in [-0.05, 0) is 36.5 Å². The molecule has 4 rings (SSSR count). The molecule has 11 heteroatoms. The molecule has 0 spiro atoms. The second-order valence-corrected chi connectivity index (χ2v) is 10.8. The minimum absolute atomic E-state index is 0. The first-order chi connectivity index (χ1) is 20.2. The van der Waals surface area contributed by atoms with E-state index in [0.29, 0.717) is 43.6 Å². The molecule has 4 N–H and O–H groups in total. The summed E-state index contributed by atoms with van der Waals surface area (Å²) >= 11 is 0. The highest BCUT2D eigenvalue weighted by Gasteiger charge is 2.20. The second-order valence-electron chi connectivity index (χ2n) is 10.8. The molecular weight excluding hydrogens is 687 g/mol. The number of aryl methyl sites for hydroxylation is 1. The molecule has 0 radical (unpaired) electrons. The summed E-state index contributed by atoms with van der Waals surface area (Å²) in [6, 6.07) is 21.3. The third-order valence-corrected chi connectivity index (χ3v) is 7.14. The summed E-state index contributed by atoms with van der Waals surface area (Å²) in [5.41, 5.74) is 5.95. The third-order valence-electron chi connectivity index (χ3n) is 7.14. The number of benzene rings is 2. The zero-order valence-corrected chi connectivity index (χ0v) is 28.4. The second kappa shape index (κ2) is 17.8. The molecular formula is C33H39BBr2N4O4. The fourth-order valence-corrected chi connectivity index (χ4v) is 4.72. The minimum atomic E-state index is -1.55. The quantitative estimate of drug-likeness (QED) is 0.0678. The van der Waals surface area contributed by atoms with Gasteiger partial charge in [-0.1, -0.05) is 62.4 Å². The maximum Gasteiger partial charge on any atom is 0.488 e. The van der Waals surface area contributed by atoms with Gasteiger partial charge in [0.1, 0.15) is 5.56 Å². The van der Waals surface area contributed by atoms with Crippen LogP contribution in [0.1, 0.15) is 47.3 Å². The van der Waals surface area contributed by atoms with Crippen molar-refractivity contribution in [3.8, 4) is 11.1 Å². The van der Waals surface area contributed by atoms with E-state index in [1.807, 2.05) is 90.2 Å². The van der Waals surface area contributed by atoms with E-state index >= 15 is 0 Å². The smallest absolute Gasteiger partial charge is 0.488 e. The lowest BCUT2D eigenvalue weighted by atomic mass is 9.77. The van der Waals surface area contributed by atoms with Crippen LogP contribution in [-0.2, 0) is 17.9 Å². The molecule has 0 saturated carbocycles. The van der Waals surface area contributed by atoms with Crippen molar-refractivity contribution in [2.24, 2.45) is 5.92 Å². The summed E-state index contributed by atoms with van der Waals surface area (Å²) < 4.78 is 4.02. The molecule has 0 aliphatic rings. The van der Waals surface area contributed by atoms with Crippen molar-refractivity contribution in [2.45, 2.75) is 40.3 Å². The summed E-state index contributed by atoms with van der Waals surface area (Å²) in [5, 5.41) is 25.5. The highest BCUT2D eigenvalue weighted by Crippen LogP contribution is 2.18. The highest BCUT2D eigenvalue weighted by atomic mass is 79.9. The van der Waals surface area contributed by atoms with Gasteiger partial charge < -0.3 is 54.6 Å². The first-order valence-corrected chi connectivity index (χ1v) is 14.3. The molecule has 0 aliphatic heterocycles. The van der Waals surface area contributed by atoms with Gasteiger partial charge in [-0.15, -0.1) is 0 Å². The lowest BCUT2D eigenvalue weighted by Crippen LogP contribution is -3.00. The van der Waals surface area contributed by atoms with Crippen LogP contribution in [0.4, 0.5) is 0 Å². The number of hydrogen-bond acceptors (Lipinski definition) is 4. The number of halogens is 2. The Morgan fingerprint density at radius 2 is 1.43 bits per heavy atom. The first-order valence-electron chi connectivity index (χ1n) is 14.3. The van der Waals surface area contributed by atoms with Gasteiger partial charge in [-0.2, -0.15) is 4.57 Å². The van der Waals surface area contributed by atoms with E-state index in [1.165, 1.54) is 5.56 Å². The Balaban J connectivity index is 0.00000337. The number of carbonyl (C=O) groups excluding carboxylic acids is 2. The van der Waals surface area contributed by atoms with E-state index < -0.39 is 7.12 Å². The number of pyridine rings is 2. The van der Waals surface area contributed by atoms with Crippen molar-refractivity contribution in [3.05, 3.63) is 114 Å². The molecule has 2 aromatic carbocycles. The Hall–Kier alpha value is -3.38. The zero-order chi connectivity index (χ0) is 30.1. The molecule has 4 aromatic rings. The summed E-state index contributed by atoms with van der Waals surface area (Å²) in [4.78, 5) is 25.0. The van der Waals surface area contributed by atoms with Gasteiger partial charge in [-0.3, -0.25) is 9.59 Å². The zero-order valence-electron chi connectivity index (χ0n) is 25.2. The number of rotatable bonds is 12. The summed E-state index contributed by atoms with van der Waals surface area (Å²) in [6.07, 6.45) is 8.46. The SMILES string of the molecule is Cc1ccccc1C[n+]1cc(C(=O)NCCCNC(=O)C(C)C)cc(-c2ccc[n+](Cc3ccccc3B(O)O)c2)c1.[Br-].[Br-]. The molecule has 232 valence electrons. The van der Waals surface area contributed by atoms with Crippen LogP contribution in [0.5, 0.6) is 0 Å². The lowest BCUT2D eigenvalue weighted by molar-refractivity contribution is -0.689. The highest BCUT2D eigenvalue weighted by molar-refractivity contribution is 6.59. The summed E-state index contributed by atoms with van der Waals surface area (Å²) in [5.74, 6) is -0.249. The molecule has 0 aliphatic carbocycles. The maximum atomic E-state index is 13.3. The maximum absolute atomic E-state index is 13.3. The van der Waals surface area contributed by atoms with E-state index in [2.05, 4.69) is 29.7 Å². The third kappa shape index (κ3) is 10.4.